The minimum Gasteiger partial charge on any atom is -0.468 e. The van der Waals surface area contributed by atoms with Gasteiger partial charge in [0.05, 0.1) is 6.61 Å². The predicted molar refractivity (Wildman–Crippen MR) is 79.4 cm³/mol. The van der Waals surface area contributed by atoms with Gasteiger partial charge in [-0.2, -0.15) is 0 Å². The van der Waals surface area contributed by atoms with Crippen molar-refractivity contribution in [3.05, 3.63) is 34.9 Å². The van der Waals surface area contributed by atoms with Crippen LogP contribution in [-0.2, 0) is 15.1 Å². The van der Waals surface area contributed by atoms with Crippen molar-refractivity contribution >= 4 is 23.3 Å². The molecule has 2 aliphatic rings. The number of hydrogen-bond acceptors (Lipinski definition) is 5. The molecule has 5 nitrogen and oxygen atoms in total. The minimum atomic E-state index is -1.03. The van der Waals surface area contributed by atoms with Gasteiger partial charge in [-0.15, -0.1) is 0 Å². The number of aliphatic hydroxyl groups excluding tert-OH is 1. The number of nitrogens with zero attached hydrogens (tertiary/aromatic N) is 1. The van der Waals surface area contributed by atoms with Crippen LogP contribution in [0.15, 0.2) is 29.3 Å². The predicted octanol–water partition coefficient (Wildman–Crippen LogP) is 1.41. The van der Waals surface area contributed by atoms with Gasteiger partial charge in [0.1, 0.15) is 6.04 Å². The summed E-state index contributed by atoms with van der Waals surface area (Å²) in [5.41, 5.74) is 5.48. The quantitative estimate of drug-likeness (QED) is 0.884. The molecule has 0 aromatic heterocycles. The van der Waals surface area contributed by atoms with Crippen LogP contribution < -0.4 is 5.73 Å². The molecule has 1 saturated carbocycles. The lowest BCUT2D eigenvalue weighted by atomic mass is 9.74. The van der Waals surface area contributed by atoms with E-state index in [2.05, 4.69) is 4.99 Å². The molecule has 6 heteroatoms. The van der Waals surface area contributed by atoms with Crippen molar-refractivity contribution in [1.82, 2.24) is 0 Å². The zero-order valence-corrected chi connectivity index (χ0v) is 12.2. The van der Waals surface area contributed by atoms with Gasteiger partial charge in [-0.3, -0.25) is 4.79 Å². The van der Waals surface area contributed by atoms with Gasteiger partial charge in [-0.05, 0) is 25.3 Å². The fourth-order valence-corrected chi connectivity index (χ4v) is 3.31. The maximum atomic E-state index is 12.7. The largest absolute Gasteiger partial charge is 0.468 e. The van der Waals surface area contributed by atoms with Crippen molar-refractivity contribution in [2.45, 2.75) is 36.9 Å². The number of hydrogen-bond donors (Lipinski definition) is 2. The van der Waals surface area contributed by atoms with Gasteiger partial charge in [0.15, 0.2) is 11.6 Å². The normalized spacial score (nSPS) is 29.6. The number of halogens is 1. The highest BCUT2D eigenvalue weighted by atomic mass is 35.5. The summed E-state index contributed by atoms with van der Waals surface area (Å²) in [5.74, 6) is 0.164. The summed E-state index contributed by atoms with van der Waals surface area (Å²) in [5, 5.41) is 9.74. The number of aliphatic hydroxyl groups is 1. The van der Waals surface area contributed by atoms with Crippen LogP contribution in [0.4, 0.5) is 0 Å². The van der Waals surface area contributed by atoms with Crippen molar-refractivity contribution < 1.29 is 14.6 Å². The Kier molecular flexibility index (Phi) is 3.73. The molecule has 3 atom stereocenters. The van der Waals surface area contributed by atoms with Gasteiger partial charge >= 0.3 is 0 Å². The standard InChI is InChI=1S/C15H17ClN2O3/c16-10-5-2-1-4-9(10)15-7-3-6-12(13(15)20)21-14(18-15)11(17)8-19/h1-2,4-5,11-12,19H,3,6-8,17H2/t11?,12-,15-/m0/s1. The van der Waals surface area contributed by atoms with Gasteiger partial charge in [0.25, 0.3) is 0 Å². The number of carbonyl (C=O) groups is 1. The zero-order chi connectivity index (χ0) is 15.0. The first-order chi connectivity index (χ1) is 10.1. The van der Waals surface area contributed by atoms with Crippen LogP contribution in [0.2, 0.25) is 5.02 Å². The number of carbonyl (C=O) groups excluding carboxylic acids is 1. The fourth-order valence-electron chi connectivity index (χ4n) is 3.02. The van der Waals surface area contributed by atoms with Gasteiger partial charge in [0.2, 0.25) is 11.7 Å². The summed E-state index contributed by atoms with van der Waals surface area (Å²) in [4.78, 5) is 17.2. The summed E-state index contributed by atoms with van der Waals surface area (Å²) in [6, 6.07) is 6.50. The second-order valence-electron chi connectivity index (χ2n) is 5.44. The molecular formula is C15H17ClN2O3. The number of Topliss-reactive ketones (excluding diaryl/α,β-unsaturated/α-hetero) is 1. The SMILES string of the molecule is NC(CO)C1=N[C@]2(c3ccccc3Cl)CCC[C@H](O1)C2=O. The van der Waals surface area contributed by atoms with Crippen LogP contribution in [-0.4, -0.2) is 35.5 Å². The zero-order valence-electron chi connectivity index (χ0n) is 11.5. The molecule has 1 heterocycles. The second kappa shape index (κ2) is 5.40. The van der Waals surface area contributed by atoms with E-state index in [-0.39, 0.29) is 18.3 Å². The van der Waals surface area contributed by atoms with Crippen molar-refractivity contribution in [2.24, 2.45) is 10.7 Å². The van der Waals surface area contributed by atoms with E-state index < -0.39 is 17.7 Å². The molecule has 0 saturated heterocycles. The van der Waals surface area contributed by atoms with E-state index in [1.54, 1.807) is 6.07 Å². The number of ether oxygens (including phenoxy) is 1. The lowest BCUT2D eigenvalue weighted by molar-refractivity contribution is -0.137. The smallest absolute Gasteiger partial charge is 0.205 e. The molecular weight excluding hydrogens is 292 g/mol. The van der Waals surface area contributed by atoms with Crippen molar-refractivity contribution in [2.75, 3.05) is 6.61 Å². The summed E-state index contributed by atoms with van der Waals surface area (Å²) in [6.07, 6.45) is 1.49. The van der Waals surface area contributed by atoms with Crippen molar-refractivity contribution in [3.8, 4) is 0 Å². The Hall–Kier alpha value is -1.43. The maximum absolute atomic E-state index is 12.7. The first-order valence-electron chi connectivity index (χ1n) is 7.00. The molecule has 1 aromatic rings. The number of nitrogens with two attached hydrogens (primary N) is 1. The monoisotopic (exact) mass is 308 g/mol. The average Bonchev–Trinajstić information content (AvgIpc) is 2.47. The molecule has 3 rings (SSSR count). The summed E-state index contributed by atoms with van der Waals surface area (Å²) in [6.45, 7) is -0.279. The van der Waals surface area contributed by atoms with Crippen LogP contribution >= 0.6 is 11.6 Å². The molecule has 112 valence electrons. The third-order valence-electron chi connectivity index (χ3n) is 4.10. The Labute approximate surface area is 127 Å². The number of fused-ring (bicyclic) bond motifs is 2. The van der Waals surface area contributed by atoms with Crippen molar-refractivity contribution in [3.63, 3.8) is 0 Å². The molecule has 1 aromatic carbocycles. The van der Waals surface area contributed by atoms with E-state index in [0.717, 1.165) is 6.42 Å². The molecule has 2 bridgehead atoms. The molecule has 1 aliphatic heterocycles. The van der Waals surface area contributed by atoms with E-state index in [1.807, 2.05) is 18.2 Å². The topological polar surface area (TPSA) is 84.9 Å². The van der Waals surface area contributed by atoms with Gasteiger partial charge in [-0.1, -0.05) is 29.8 Å². The Morgan fingerprint density at radius 2 is 2.29 bits per heavy atom. The number of ketones is 1. The second-order valence-corrected chi connectivity index (χ2v) is 5.85. The van der Waals surface area contributed by atoms with Crippen LogP contribution in [0.3, 0.4) is 0 Å². The van der Waals surface area contributed by atoms with E-state index in [1.165, 1.54) is 0 Å². The molecule has 1 fully saturated rings. The molecule has 0 radical (unpaired) electrons. The lowest BCUT2D eigenvalue weighted by Crippen LogP contribution is -2.54. The number of aliphatic imine (C=N–C) groups is 1. The van der Waals surface area contributed by atoms with Gasteiger partial charge in [0, 0.05) is 10.6 Å². The van der Waals surface area contributed by atoms with E-state index in [0.29, 0.717) is 23.4 Å². The first-order valence-corrected chi connectivity index (χ1v) is 7.38. The summed E-state index contributed by atoms with van der Waals surface area (Å²) >= 11 is 6.28. The van der Waals surface area contributed by atoms with Crippen molar-refractivity contribution in [1.29, 1.82) is 0 Å². The first kappa shape index (κ1) is 14.5. The minimum absolute atomic E-state index is 0.0734. The maximum Gasteiger partial charge on any atom is 0.205 e. The third kappa shape index (κ3) is 2.25. The summed E-state index contributed by atoms with van der Waals surface area (Å²) in [7, 11) is 0. The van der Waals surface area contributed by atoms with E-state index in [9.17, 15) is 9.90 Å². The summed E-state index contributed by atoms with van der Waals surface area (Å²) < 4.78 is 5.58. The number of benzene rings is 1. The third-order valence-corrected chi connectivity index (χ3v) is 4.43. The van der Waals surface area contributed by atoms with E-state index >= 15 is 0 Å². The highest BCUT2D eigenvalue weighted by Crippen LogP contribution is 2.44. The highest BCUT2D eigenvalue weighted by molar-refractivity contribution is 6.32. The lowest BCUT2D eigenvalue weighted by Gasteiger charge is -2.42. The molecule has 0 spiro atoms. The molecule has 3 N–H and O–H groups in total. The van der Waals surface area contributed by atoms with Crippen LogP contribution in [0.5, 0.6) is 0 Å². The highest BCUT2D eigenvalue weighted by Gasteiger charge is 2.52. The average molecular weight is 309 g/mol. The molecule has 1 aliphatic carbocycles. The Balaban J connectivity index is 2.16. The van der Waals surface area contributed by atoms with Crippen LogP contribution in [0.1, 0.15) is 24.8 Å². The Morgan fingerprint density at radius 1 is 1.52 bits per heavy atom. The Morgan fingerprint density at radius 3 is 3.00 bits per heavy atom. The molecule has 1 unspecified atom stereocenters. The molecule has 0 amide bonds. The van der Waals surface area contributed by atoms with E-state index in [4.69, 9.17) is 22.1 Å². The Bertz CT molecular complexity index is 604. The van der Waals surface area contributed by atoms with Crippen LogP contribution in [0.25, 0.3) is 0 Å². The fraction of sp³-hybridized carbons (Fsp3) is 0.467. The van der Waals surface area contributed by atoms with Gasteiger partial charge in [-0.25, -0.2) is 4.99 Å². The number of rotatable bonds is 3. The molecule has 21 heavy (non-hydrogen) atoms. The van der Waals surface area contributed by atoms with Gasteiger partial charge < -0.3 is 15.6 Å². The van der Waals surface area contributed by atoms with Crippen LogP contribution in [0, 0.1) is 0 Å².